The predicted molar refractivity (Wildman–Crippen MR) is 118 cm³/mol. The quantitative estimate of drug-likeness (QED) is 0.594. The van der Waals surface area contributed by atoms with E-state index < -0.39 is 38.3 Å². The number of piperazine rings is 1. The fraction of sp³-hybridized carbons (Fsp3) is 0.381. The van der Waals surface area contributed by atoms with Gasteiger partial charge in [0.1, 0.15) is 5.82 Å². The second-order valence-electron chi connectivity index (χ2n) is 7.72. The van der Waals surface area contributed by atoms with E-state index in [1.165, 1.54) is 27.4 Å². The number of amides is 1. The smallest absolute Gasteiger partial charge is 0.243 e. The van der Waals surface area contributed by atoms with Gasteiger partial charge in [-0.2, -0.15) is 8.61 Å². The van der Waals surface area contributed by atoms with Crippen molar-refractivity contribution in [2.45, 2.75) is 18.4 Å². The summed E-state index contributed by atoms with van der Waals surface area (Å²) >= 11 is 0. The number of nitrogens with zero attached hydrogens (tertiary/aromatic N) is 3. The lowest BCUT2D eigenvalue weighted by atomic mass is 10.2. The molecule has 0 N–H and O–H groups in total. The van der Waals surface area contributed by atoms with Gasteiger partial charge in [-0.25, -0.2) is 21.2 Å². The first-order chi connectivity index (χ1) is 15.0. The molecule has 1 saturated heterocycles. The predicted octanol–water partition coefficient (Wildman–Crippen LogP) is 1.43. The number of hydrogen-bond donors (Lipinski definition) is 0. The van der Waals surface area contributed by atoms with E-state index in [9.17, 15) is 26.0 Å². The molecule has 1 aliphatic rings. The Bertz CT molecular complexity index is 1180. The molecule has 1 heterocycles. The fourth-order valence-electron chi connectivity index (χ4n) is 3.40. The highest BCUT2D eigenvalue weighted by atomic mass is 32.2. The number of halogens is 1. The lowest BCUT2D eigenvalue weighted by Crippen LogP contribution is -2.52. The van der Waals surface area contributed by atoms with Crippen LogP contribution >= 0.6 is 0 Å². The molecule has 1 fully saturated rings. The van der Waals surface area contributed by atoms with Gasteiger partial charge in [-0.05, 0) is 25.1 Å². The van der Waals surface area contributed by atoms with Crippen LogP contribution in [0.4, 0.5) is 4.39 Å². The first-order valence-corrected chi connectivity index (χ1v) is 13.3. The lowest BCUT2D eigenvalue weighted by molar-refractivity contribution is -0.132. The van der Waals surface area contributed by atoms with Crippen molar-refractivity contribution >= 4 is 26.0 Å². The summed E-state index contributed by atoms with van der Waals surface area (Å²) in [5.41, 5.74) is 1.12. The largest absolute Gasteiger partial charge is 0.339 e. The maximum atomic E-state index is 14.0. The highest BCUT2D eigenvalue weighted by Gasteiger charge is 2.31. The van der Waals surface area contributed by atoms with E-state index in [1.807, 2.05) is 6.92 Å². The molecule has 1 amide bonds. The molecule has 0 aromatic heterocycles. The van der Waals surface area contributed by atoms with Crippen LogP contribution in [0.15, 0.2) is 53.4 Å². The number of hydrogen-bond acceptors (Lipinski definition) is 5. The third-order valence-corrected chi connectivity index (χ3v) is 8.44. The molecule has 3 rings (SSSR count). The van der Waals surface area contributed by atoms with Crippen LogP contribution in [0.5, 0.6) is 0 Å². The monoisotopic (exact) mass is 483 g/mol. The highest BCUT2D eigenvalue weighted by Crippen LogP contribution is 2.19. The van der Waals surface area contributed by atoms with Gasteiger partial charge in [0, 0.05) is 38.3 Å². The molecule has 174 valence electrons. The molecular weight excluding hydrogens is 457 g/mol. The molecule has 1 aliphatic heterocycles. The number of rotatable bonds is 7. The van der Waals surface area contributed by atoms with Crippen molar-refractivity contribution in [1.29, 1.82) is 0 Å². The Morgan fingerprint density at radius 2 is 1.56 bits per heavy atom. The summed E-state index contributed by atoms with van der Waals surface area (Å²) in [6.45, 7) is 1.65. The minimum atomic E-state index is -3.77. The zero-order valence-corrected chi connectivity index (χ0v) is 19.6. The molecule has 0 bridgehead atoms. The molecule has 0 aliphatic carbocycles. The molecule has 0 spiro atoms. The average Bonchev–Trinajstić information content (AvgIpc) is 2.74. The number of carbonyl (C=O) groups is 1. The van der Waals surface area contributed by atoms with Gasteiger partial charge in [0.05, 0.1) is 17.7 Å². The highest BCUT2D eigenvalue weighted by molar-refractivity contribution is 7.89. The Morgan fingerprint density at radius 1 is 0.969 bits per heavy atom. The van der Waals surface area contributed by atoms with E-state index in [4.69, 9.17) is 0 Å². The van der Waals surface area contributed by atoms with Crippen LogP contribution in [-0.2, 0) is 31.4 Å². The number of carbonyl (C=O) groups excluding carboxylic acids is 1. The molecule has 2 aromatic carbocycles. The average molecular weight is 484 g/mol. The van der Waals surface area contributed by atoms with Gasteiger partial charge in [-0.1, -0.05) is 35.9 Å². The summed E-state index contributed by atoms with van der Waals surface area (Å²) in [5, 5.41) is 0. The zero-order chi connectivity index (χ0) is 23.5. The van der Waals surface area contributed by atoms with Gasteiger partial charge in [0.15, 0.2) is 0 Å². The van der Waals surface area contributed by atoms with Crippen LogP contribution < -0.4 is 0 Å². The topological polar surface area (TPSA) is 95.1 Å². The van der Waals surface area contributed by atoms with Crippen molar-refractivity contribution in [3.63, 3.8) is 0 Å². The van der Waals surface area contributed by atoms with Gasteiger partial charge in [-0.15, -0.1) is 0 Å². The van der Waals surface area contributed by atoms with Crippen LogP contribution in [0, 0.1) is 12.7 Å². The van der Waals surface area contributed by atoms with Gasteiger partial charge in [0.25, 0.3) is 0 Å². The fourth-order valence-corrected chi connectivity index (χ4v) is 5.54. The Hall–Kier alpha value is -2.34. The van der Waals surface area contributed by atoms with Crippen LogP contribution in [0.1, 0.15) is 11.1 Å². The summed E-state index contributed by atoms with van der Waals surface area (Å²) in [4.78, 5) is 14.4. The third kappa shape index (κ3) is 5.71. The maximum absolute atomic E-state index is 14.0. The number of benzene rings is 2. The van der Waals surface area contributed by atoms with Crippen molar-refractivity contribution in [1.82, 2.24) is 13.5 Å². The molecular formula is C21H26FN3O5S2. The summed E-state index contributed by atoms with van der Waals surface area (Å²) in [6, 6.07) is 12.3. The molecule has 0 atom stereocenters. The van der Waals surface area contributed by atoms with Gasteiger partial charge in [0.2, 0.25) is 26.0 Å². The third-order valence-electron chi connectivity index (χ3n) is 5.34. The van der Waals surface area contributed by atoms with E-state index in [2.05, 4.69) is 0 Å². The number of sulfonamides is 2. The molecule has 0 radical (unpaired) electrons. The van der Waals surface area contributed by atoms with Crippen molar-refractivity contribution in [3.8, 4) is 0 Å². The van der Waals surface area contributed by atoms with Crippen LogP contribution in [0.3, 0.4) is 0 Å². The van der Waals surface area contributed by atoms with Crippen LogP contribution in [0.2, 0.25) is 0 Å². The summed E-state index contributed by atoms with van der Waals surface area (Å²) in [5.74, 6) is -1.01. The minimum absolute atomic E-state index is 0.105. The molecule has 11 heteroatoms. The van der Waals surface area contributed by atoms with Crippen LogP contribution in [0.25, 0.3) is 0 Å². The molecule has 8 nitrogen and oxygen atoms in total. The molecule has 0 saturated carbocycles. The summed E-state index contributed by atoms with van der Waals surface area (Å²) < 4.78 is 66.2. The van der Waals surface area contributed by atoms with E-state index in [-0.39, 0.29) is 43.2 Å². The van der Waals surface area contributed by atoms with Crippen molar-refractivity contribution in [2.75, 3.05) is 39.0 Å². The maximum Gasteiger partial charge on any atom is 0.243 e. The first-order valence-electron chi connectivity index (χ1n) is 10.0. The van der Waals surface area contributed by atoms with Gasteiger partial charge >= 0.3 is 0 Å². The Morgan fingerprint density at radius 3 is 2.12 bits per heavy atom. The standard InChI is InChI=1S/C21H26FN3O5S2/c1-17-7-9-19(10-8-17)32(29,30)24-13-11-23(12-14-24)21(26)16-25(31(2,27)28)15-18-5-3-4-6-20(18)22/h3-10H,11-16H2,1-2H3. The Balaban J connectivity index is 1.65. The van der Waals surface area contributed by atoms with E-state index >= 15 is 0 Å². The summed E-state index contributed by atoms with van der Waals surface area (Å²) in [6.07, 6.45) is 0.965. The van der Waals surface area contributed by atoms with Crippen LogP contribution in [-0.4, -0.2) is 75.2 Å². The van der Waals surface area contributed by atoms with E-state index in [0.717, 1.165) is 16.1 Å². The Kier molecular flexibility index (Phi) is 7.33. The second kappa shape index (κ2) is 9.65. The number of aryl methyl sites for hydroxylation is 1. The van der Waals surface area contributed by atoms with E-state index in [0.29, 0.717) is 0 Å². The van der Waals surface area contributed by atoms with Gasteiger partial charge < -0.3 is 4.90 Å². The molecule has 0 unspecified atom stereocenters. The van der Waals surface area contributed by atoms with Crippen molar-refractivity contribution < 1.29 is 26.0 Å². The first kappa shape index (κ1) is 24.3. The van der Waals surface area contributed by atoms with Crippen molar-refractivity contribution in [3.05, 3.63) is 65.5 Å². The minimum Gasteiger partial charge on any atom is -0.339 e. The van der Waals surface area contributed by atoms with Crippen molar-refractivity contribution in [2.24, 2.45) is 0 Å². The Labute approximate surface area is 188 Å². The lowest BCUT2D eigenvalue weighted by Gasteiger charge is -2.35. The zero-order valence-electron chi connectivity index (χ0n) is 17.9. The normalized spacial score (nSPS) is 15.8. The molecule has 32 heavy (non-hydrogen) atoms. The van der Waals surface area contributed by atoms with E-state index in [1.54, 1.807) is 30.3 Å². The van der Waals surface area contributed by atoms with Gasteiger partial charge in [-0.3, -0.25) is 4.79 Å². The summed E-state index contributed by atoms with van der Waals surface area (Å²) in [7, 11) is -7.45. The second-order valence-corrected chi connectivity index (χ2v) is 11.6. The molecule has 2 aromatic rings. The SMILES string of the molecule is Cc1ccc(S(=O)(=O)N2CCN(C(=O)CN(Cc3ccccc3F)S(C)(=O)=O)CC2)cc1.